The highest BCUT2D eigenvalue weighted by molar-refractivity contribution is 5.74. The molecule has 0 aliphatic carbocycles. The number of ether oxygens (including phenoxy) is 2. The average molecular weight is 435 g/mol. The summed E-state index contributed by atoms with van der Waals surface area (Å²) in [7, 11) is 0. The fourth-order valence-electron chi connectivity index (χ4n) is 2.23. The van der Waals surface area contributed by atoms with Gasteiger partial charge in [-0.05, 0) is 29.4 Å². The van der Waals surface area contributed by atoms with Gasteiger partial charge in [-0.15, -0.1) is 0 Å². The molecule has 0 fully saturated rings. The van der Waals surface area contributed by atoms with E-state index in [1.807, 2.05) is 18.2 Å². The third kappa shape index (κ3) is 10.2. The van der Waals surface area contributed by atoms with Crippen molar-refractivity contribution in [3.63, 3.8) is 0 Å². The van der Waals surface area contributed by atoms with Crippen LogP contribution in [0.5, 0.6) is 5.75 Å². The molecule has 0 bridgehead atoms. The van der Waals surface area contributed by atoms with Crippen molar-refractivity contribution in [1.29, 1.82) is 0 Å². The maximum atomic E-state index is 12.1. The largest absolute Gasteiger partial charge is 0.490 e. The molecule has 0 saturated heterocycles. The van der Waals surface area contributed by atoms with E-state index in [0.29, 0.717) is 12.2 Å². The van der Waals surface area contributed by atoms with Gasteiger partial charge in [0, 0.05) is 6.42 Å². The second kappa shape index (κ2) is 12.8. The highest BCUT2D eigenvalue weighted by Gasteiger charge is 2.38. The van der Waals surface area contributed by atoms with Crippen LogP contribution in [0.4, 0.5) is 13.2 Å². The predicted molar refractivity (Wildman–Crippen MR) is 103 cm³/mol. The van der Waals surface area contributed by atoms with Gasteiger partial charge < -0.3 is 20.3 Å². The molecule has 0 unspecified atom stereocenters. The number of aliphatic carboxylic acids is 1. The van der Waals surface area contributed by atoms with Gasteiger partial charge in [0.1, 0.15) is 5.75 Å². The number of carboxylic acids is 1. The molecule has 0 radical (unpaired) electrons. The van der Waals surface area contributed by atoms with E-state index in [1.54, 1.807) is 0 Å². The van der Waals surface area contributed by atoms with Gasteiger partial charge in [0.2, 0.25) is 0 Å². The second-order valence-electron chi connectivity index (χ2n) is 6.88. The standard InChI is InChI=1S/C18H27NO4.C2HF3O2/c1-12(2)14-7-5-8-15(13(3)4)18(14)23-16(20)9-6-10-22-17(21)11-19;3-2(4,5)1(6)7/h5,7-8,12-13H,6,9-11,19H2,1-4H3;(H,6,7). The Bertz CT molecular complexity index is 691. The molecule has 0 atom stereocenters. The summed E-state index contributed by atoms with van der Waals surface area (Å²) in [6.07, 6.45) is -4.47. The SMILES string of the molecule is CC(C)c1cccc(C(C)C)c1OC(=O)CCCOC(=O)CN.O=C(O)C(F)(F)F. The monoisotopic (exact) mass is 435 g/mol. The first-order valence-corrected chi connectivity index (χ1v) is 9.30. The number of benzene rings is 1. The van der Waals surface area contributed by atoms with E-state index in [0.717, 1.165) is 11.1 Å². The Morgan fingerprint density at radius 1 is 1.03 bits per heavy atom. The molecule has 0 aliphatic rings. The summed E-state index contributed by atoms with van der Waals surface area (Å²) in [5.41, 5.74) is 7.19. The lowest BCUT2D eigenvalue weighted by Crippen LogP contribution is -2.21. The average Bonchev–Trinajstić information content (AvgIpc) is 2.64. The summed E-state index contributed by atoms with van der Waals surface area (Å²) >= 11 is 0. The maximum Gasteiger partial charge on any atom is 0.490 e. The van der Waals surface area contributed by atoms with Crippen LogP contribution in [-0.4, -0.2) is 42.3 Å². The number of carbonyl (C=O) groups is 3. The maximum absolute atomic E-state index is 12.1. The zero-order chi connectivity index (χ0) is 23.5. The van der Waals surface area contributed by atoms with Gasteiger partial charge >= 0.3 is 24.1 Å². The van der Waals surface area contributed by atoms with E-state index in [4.69, 9.17) is 25.1 Å². The molecule has 0 aliphatic heterocycles. The molecule has 0 spiro atoms. The van der Waals surface area contributed by atoms with E-state index in [9.17, 15) is 22.8 Å². The van der Waals surface area contributed by atoms with Crippen LogP contribution in [0.3, 0.4) is 0 Å². The van der Waals surface area contributed by atoms with Crippen molar-refractivity contribution in [3.05, 3.63) is 29.3 Å². The number of rotatable bonds is 8. The van der Waals surface area contributed by atoms with E-state index < -0.39 is 18.1 Å². The van der Waals surface area contributed by atoms with Crippen molar-refractivity contribution in [2.24, 2.45) is 5.73 Å². The third-order valence-electron chi connectivity index (χ3n) is 3.73. The molecule has 10 heteroatoms. The smallest absolute Gasteiger partial charge is 0.475 e. The number of nitrogens with two attached hydrogens (primary N) is 1. The zero-order valence-electron chi connectivity index (χ0n) is 17.4. The Labute approximate surface area is 173 Å². The first-order valence-electron chi connectivity index (χ1n) is 9.30. The van der Waals surface area contributed by atoms with Gasteiger partial charge in [0.25, 0.3) is 0 Å². The molecule has 1 aromatic carbocycles. The normalized spacial score (nSPS) is 11.0. The molecule has 1 rings (SSSR count). The lowest BCUT2D eigenvalue weighted by Gasteiger charge is -2.18. The minimum absolute atomic E-state index is 0.149. The molecule has 1 aromatic rings. The van der Waals surface area contributed by atoms with Crippen LogP contribution in [0.15, 0.2) is 18.2 Å². The lowest BCUT2D eigenvalue weighted by molar-refractivity contribution is -0.192. The first-order chi connectivity index (χ1) is 13.8. The Kier molecular flexibility index (Phi) is 11.7. The second-order valence-corrected chi connectivity index (χ2v) is 6.88. The van der Waals surface area contributed by atoms with E-state index in [-0.39, 0.29) is 37.4 Å². The van der Waals surface area contributed by atoms with Crippen LogP contribution in [-0.2, 0) is 19.1 Å². The minimum Gasteiger partial charge on any atom is -0.475 e. The van der Waals surface area contributed by atoms with E-state index in [2.05, 4.69) is 27.7 Å². The number of halogens is 3. The van der Waals surface area contributed by atoms with Crippen molar-refractivity contribution in [2.75, 3.05) is 13.2 Å². The topological polar surface area (TPSA) is 116 Å². The summed E-state index contributed by atoms with van der Waals surface area (Å²) in [6, 6.07) is 5.97. The lowest BCUT2D eigenvalue weighted by atomic mass is 9.94. The van der Waals surface area contributed by atoms with Crippen LogP contribution >= 0.6 is 0 Å². The molecular formula is C20H28F3NO6. The molecule has 0 heterocycles. The molecule has 0 saturated carbocycles. The molecule has 0 amide bonds. The summed E-state index contributed by atoms with van der Waals surface area (Å²) < 4.78 is 42.2. The molecular weight excluding hydrogens is 407 g/mol. The molecule has 7 nitrogen and oxygen atoms in total. The van der Waals surface area contributed by atoms with Gasteiger partial charge in [-0.3, -0.25) is 9.59 Å². The van der Waals surface area contributed by atoms with Crippen molar-refractivity contribution in [1.82, 2.24) is 0 Å². The quantitative estimate of drug-likeness (QED) is 0.363. The number of alkyl halides is 3. The van der Waals surface area contributed by atoms with Crippen molar-refractivity contribution >= 4 is 17.9 Å². The van der Waals surface area contributed by atoms with Gasteiger partial charge in [-0.2, -0.15) is 13.2 Å². The Morgan fingerprint density at radius 3 is 1.87 bits per heavy atom. The highest BCUT2D eigenvalue weighted by atomic mass is 19.4. The minimum atomic E-state index is -5.08. The van der Waals surface area contributed by atoms with Crippen LogP contribution in [0.25, 0.3) is 0 Å². The number of esters is 2. The van der Waals surface area contributed by atoms with Gasteiger partial charge in [0.15, 0.2) is 0 Å². The van der Waals surface area contributed by atoms with Gasteiger partial charge in [-0.1, -0.05) is 45.9 Å². The van der Waals surface area contributed by atoms with Crippen LogP contribution in [0.1, 0.15) is 63.5 Å². The van der Waals surface area contributed by atoms with E-state index in [1.165, 1.54) is 0 Å². The first kappa shape index (κ1) is 27.4. The van der Waals surface area contributed by atoms with E-state index >= 15 is 0 Å². The Hall–Kier alpha value is -2.62. The summed E-state index contributed by atoms with van der Waals surface area (Å²) in [6.45, 7) is 8.32. The van der Waals surface area contributed by atoms with Crippen LogP contribution < -0.4 is 10.5 Å². The number of carboxylic acid groups (broad SMARTS) is 1. The van der Waals surface area contributed by atoms with Crippen LogP contribution in [0, 0.1) is 0 Å². The third-order valence-corrected chi connectivity index (χ3v) is 3.73. The summed E-state index contributed by atoms with van der Waals surface area (Å²) in [5, 5.41) is 7.12. The number of hydrogen-bond donors (Lipinski definition) is 2. The zero-order valence-corrected chi connectivity index (χ0v) is 17.4. The van der Waals surface area contributed by atoms with Crippen molar-refractivity contribution in [2.45, 2.75) is 58.5 Å². The van der Waals surface area contributed by atoms with Crippen molar-refractivity contribution < 1.29 is 42.1 Å². The Balaban J connectivity index is 0.00000103. The summed E-state index contributed by atoms with van der Waals surface area (Å²) in [4.78, 5) is 31.9. The predicted octanol–water partition coefficient (Wildman–Crippen LogP) is 3.75. The fourth-order valence-corrected chi connectivity index (χ4v) is 2.23. The fraction of sp³-hybridized carbons (Fsp3) is 0.550. The highest BCUT2D eigenvalue weighted by Crippen LogP contribution is 2.34. The molecule has 170 valence electrons. The molecule has 0 aromatic heterocycles. The van der Waals surface area contributed by atoms with Crippen LogP contribution in [0.2, 0.25) is 0 Å². The number of para-hydroxylation sites is 1. The van der Waals surface area contributed by atoms with Gasteiger partial charge in [-0.25, -0.2) is 4.79 Å². The summed E-state index contributed by atoms with van der Waals surface area (Å²) in [5.74, 6) is -2.34. The van der Waals surface area contributed by atoms with Gasteiger partial charge in [0.05, 0.1) is 13.2 Å². The molecule has 30 heavy (non-hydrogen) atoms. The van der Waals surface area contributed by atoms with Crippen molar-refractivity contribution in [3.8, 4) is 5.75 Å². The Morgan fingerprint density at radius 2 is 1.50 bits per heavy atom. The molecule has 3 N–H and O–H groups in total. The number of hydrogen-bond acceptors (Lipinski definition) is 6. The number of carbonyl (C=O) groups excluding carboxylic acids is 2.